The normalized spacial score (nSPS) is 10.9. The van der Waals surface area contributed by atoms with E-state index in [9.17, 15) is 18.3 Å². The third kappa shape index (κ3) is 3.01. The van der Waals surface area contributed by atoms with Gasteiger partial charge in [0, 0.05) is 6.07 Å². The van der Waals surface area contributed by atoms with Crippen molar-refractivity contribution in [2.75, 3.05) is 0 Å². The molecule has 6 heteroatoms. The number of hydrogen-bond acceptors (Lipinski definition) is 3. The van der Waals surface area contributed by atoms with Gasteiger partial charge in [-0.05, 0) is 30.3 Å². The van der Waals surface area contributed by atoms with Crippen LogP contribution in [0.2, 0.25) is 0 Å². The zero-order chi connectivity index (χ0) is 14.8. The van der Waals surface area contributed by atoms with Gasteiger partial charge in [-0.1, -0.05) is 6.07 Å². The van der Waals surface area contributed by atoms with Gasteiger partial charge in [0.15, 0.2) is 0 Å². The van der Waals surface area contributed by atoms with Crippen LogP contribution >= 0.6 is 0 Å². The predicted molar refractivity (Wildman–Crippen MR) is 64.3 cm³/mol. The van der Waals surface area contributed by atoms with Crippen LogP contribution in [0.1, 0.15) is 11.1 Å². The van der Waals surface area contributed by atoms with E-state index in [2.05, 4.69) is 0 Å². The number of aromatic hydroxyl groups is 1. The van der Waals surface area contributed by atoms with E-state index in [1.54, 1.807) is 6.07 Å². The Hall–Kier alpha value is -2.68. The Morgan fingerprint density at radius 3 is 2.45 bits per heavy atom. The zero-order valence-corrected chi connectivity index (χ0v) is 9.98. The molecule has 0 aliphatic heterocycles. The summed E-state index contributed by atoms with van der Waals surface area (Å²) in [5, 5.41) is 18.2. The van der Waals surface area contributed by atoms with Gasteiger partial charge in [-0.3, -0.25) is 0 Å². The van der Waals surface area contributed by atoms with Gasteiger partial charge in [-0.15, -0.1) is 0 Å². The molecule has 0 atom stereocenters. The minimum atomic E-state index is -4.52. The first-order valence-corrected chi connectivity index (χ1v) is 5.48. The molecule has 2 aromatic carbocycles. The molecule has 2 aromatic rings. The fourth-order valence-corrected chi connectivity index (χ4v) is 1.56. The number of phenolic OH excluding ortho intramolecular Hbond substituents is 1. The van der Waals surface area contributed by atoms with Gasteiger partial charge in [0.2, 0.25) is 0 Å². The van der Waals surface area contributed by atoms with Gasteiger partial charge in [0.1, 0.15) is 23.3 Å². The second kappa shape index (κ2) is 5.13. The number of nitriles is 1. The number of nitrogens with zero attached hydrogens (tertiary/aromatic N) is 1. The number of rotatable bonds is 2. The molecule has 0 saturated heterocycles. The van der Waals surface area contributed by atoms with Crippen molar-refractivity contribution >= 4 is 0 Å². The average Bonchev–Trinajstić information content (AvgIpc) is 2.38. The van der Waals surface area contributed by atoms with Crippen molar-refractivity contribution in [3.8, 4) is 23.3 Å². The number of hydrogen-bond donors (Lipinski definition) is 1. The molecule has 0 spiro atoms. The van der Waals surface area contributed by atoms with E-state index in [-0.39, 0.29) is 22.8 Å². The minimum absolute atomic E-state index is 0.00824. The molecule has 0 saturated carbocycles. The third-order valence-electron chi connectivity index (χ3n) is 2.47. The fraction of sp³-hybridized carbons (Fsp3) is 0.0714. The summed E-state index contributed by atoms with van der Waals surface area (Å²) in [5.41, 5.74) is -1.15. The van der Waals surface area contributed by atoms with Crippen LogP contribution in [0.25, 0.3) is 0 Å². The minimum Gasteiger partial charge on any atom is -0.508 e. The van der Waals surface area contributed by atoms with E-state index in [1.807, 2.05) is 0 Å². The fourth-order valence-electron chi connectivity index (χ4n) is 1.56. The van der Waals surface area contributed by atoms with Crippen LogP contribution in [0, 0.1) is 11.3 Å². The topological polar surface area (TPSA) is 53.2 Å². The number of ether oxygens (including phenoxy) is 1. The first-order chi connectivity index (χ1) is 9.40. The molecule has 20 heavy (non-hydrogen) atoms. The lowest BCUT2D eigenvalue weighted by Crippen LogP contribution is -2.05. The van der Waals surface area contributed by atoms with Crippen molar-refractivity contribution in [3.63, 3.8) is 0 Å². The largest absolute Gasteiger partial charge is 0.508 e. The summed E-state index contributed by atoms with van der Waals surface area (Å²) < 4.78 is 42.9. The summed E-state index contributed by atoms with van der Waals surface area (Å²) in [6, 6.07) is 10.0. The van der Waals surface area contributed by atoms with Gasteiger partial charge >= 0.3 is 6.18 Å². The monoisotopic (exact) mass is 279 g/mol. The molecule has 0 unspecified atom stereocenters. The number of benzene rings is 2. The van der Waals surface area contributed by atoms with E-state index in [1.165, 1.54) is 24.3 Å². The van der Waals surface area contributed by atoms with Crippen molar-refractivity contribution < 1.29 is 23.0 Å². The second-order valence-electron chi connectivity index (χ2n) is 3.92. The highest BCUT2D eigenvalue weighted by Gasteiger charge is 2.31. The van der Waals surface area contributed by atoms with Crippen LogP contribution in [0.4, 0.5) is 13.2 Å². The lowest BCUT2D eigenvalue weighted by molar-refractivity contribution is -0.137. The summed E-state index contributed by atoms with van der Waals surface area (Å²) in [4.78, 5) is 0. The average molecular weight is 279 g/mol. The summed E-state index contributed by atoms with van der Waals surface area (Å²) >= 11 is 0. The summed E-state index contributed by atoms with van der Waals surface area (Å²) in [6.45, 7) is 0. The molecule has 0 aromatic heterocycles. The molecule has 0 aliphatic carbocycles. The van der Waals surface area contributed by atoms with Gasteiger partial charge in [0.05, 0.1) is 11.1 Å². The van der Waals surface area contributed by atoms with Gasteiger partial charge in [-0.2, -0.15) is 18.4 Å². The highest BCUT2D eigenvalue weighted by molar-refractivity contribution is 5.48. The van der Waals surface area contributed by atoms with E-state index < -0.39 is 11.7 Å². The Labute approximate surface area is 112 Å². The summed E-state index contributed by atoms with van der Waals surface area (Å²) in [7, 11) is 0. The van der Waals surface area contributed by atoms with Crippen LogP contribution in [0.5, 0.6) is 17.2 Å². The van der Waals surface area contributed by atoms with Gasteiger partial charge < -0.3 is 9.84 Å². The lowest BCUT2D eigenvalue weighted by Gasteiger charge is -2.11. The Morgan fingerprint density at radius 1 is 1.10 bits per heavy atom. The smallest absolute Gasteiger partial charge is 0.416 e. The third-order valence-corrected chi connectivity index (χ3v) is 2.47. The van der Waals surface area contributed by atoms with E-state index in [0.717, 1.165) is 18.2 Å². The van der Waals surface area contributed by atoms with Crippen molar-refractivity contribution in [2.45, 2.75) is 6.18 Å². The quantitative estimate of drug-likeness (QED) is 0.901. The SMILES string of the molecule is N#Cc1cc(C(F)(F)F)ccc1Oc1cccc(O)c1. The maximum atomic E-state index is 12.5. The molecule has 0 fully saturated rings. The Balaban J connectivity index is 2.36. The molecule has 0 radical (unpaired) electrons. The maximum Gasteiger partial charge on any atom is 0.416 e. The molecule has 0 aliphatic rings. The zero-order valence-electron chi connectivity index (χ0n) is 9.98. The highest BCUT2D eigenvalue weighted by Crippen LogP contribution is 2.34. The Morgan fingerprint density at radius 2 is 1.85 bits per heavy atom. The van der Waals surface area contributed by atoms with Crippen LogP contribution in [-0.2, 0) is 6.18 Å². The van der Waals surface area contributed by atoms with E-state index in [4.69, 9.17) is 10.00 Å². The molecular formula is C14H8F3NO2. The first-order valence-electron chi connectivity index (χ1n) is 5.48. The molecular weight excluding hydrogens is 271 g/mol. The van der Waals surface area contributed by atoms with Crippen molar-refractivity contribution in [2.24, 2.45) is 0 Å². The first kappa shape index (κ1) is 13.7. The number of halogens is 3. The Kier molecular flexibility index (Phi) is 3.53. The van der Waals surface area contributed by atoms with Gasteiger partial charge in [-0.25, -0.2) is 0 Å². The molecule has 3 nitrogen and oxygen atoms in total. The standard InChI is InChI=1S/C14H8F3NO2/c15-14(16,17)10-4-5-13(9(6-10)8-18)20-12-3-1-2-11(19)7-12/h1-7,19H. The van der Waals surface area contributed by atoms with Gasteiger partial charge in [0.25, 0.3) is 0 Å². The van der Waals surface area contributed by atoms with Crippen LogP contribution in [0.15, 0.2) is 42.5 Å². The predicted octanol–water partition coefficient (Wildman–Crippen LogP) is 4.07. The number of phenols is 1. The van der Waals surface area contributed by atoms with Crippen LogP contribution in [-0.4, -0.2) is 5.11 Å². The molecule has 2 rings (SSSR count). The number of alkyl halides is 3. The second-order valence-corrected chi connectivity index (χ2v) is 3.92. The van der Waals surface area contributed by atoms with Crippen LogP contribution in [0.3, 0.4) is 0 Å². The molecule has 0 heterocycles. The lowest BCUT2D eigenvalue weighted by atomic mass is 10.1. The summed E-state index contributed by atoms with van der Waals surface area (Å²) in [6.07, 6.45) is -4.52. The summed E-state index contributed by atoms with van der Waals surface area (Å²) in [5.74, 6) is 0.167. The maximum absolute atomic E-state index is 12.5. The van der Waals surface area contributed by atoms with Crippen molar-refractivity contribution in [1.29, 1.82) is 5.26 Å². The molecule has 0 amide bonds. The van der Waals surface area contributed by atoms with Crippen molar-refractivity contribution in [1.82, 2.24) is 0 Å². The molecule has 0 bridgehead atoms. The van der Waals surface area contributed by atoms with Crippen LogP contribution < -0.4 is 4.74 Å². The van der Waals surface area contributed by atoms with Crippen molar-refractivity contribution in [3.05, 3.63) is 53.6 Å². The van der Waals surface area contributed by atoms with E-state index >= 15 is 0 Å². The molecule has 102 valence electrons. The Bertz CT molecular complexity index is 675. The van der Waals surface area contributed by atoms with E-state index in [0.29, 0.717) is 0 Å². The highest BCUT2D eigenvalue weighted by atomic mass is 19.4. The molecule has 1 N–H and O–H groups in total.